The molecule has 0 saturated heterocycles. The number of aryl methyl sites for hydroxylation is 1. The molecule has 0 radical (unpaired) electrons. The van der Waals surface area contributed by atoms with E-state index < -0.39 is 0 Å². The van der Waals surface area contributed by atoms with Gasteiger partial charge in [0.05, 0.1) is 5.56 Å². The summed E-state index contributed by atoms with van der Waals surface area (Å²) in [6, 6.07) is 13.1. The lowest BCUT2D eigenvalue weighted by molar-refractivity contribution is 0.0950. The number of amides is 1. The monoisotopic (exact) mass is 318 g/mol. The average Bonchev–Trinajstić information content (AvgIpc) is 2.36. The summed E-state index contributed by atoms with van der Waals surface area (Å²) >= 11 is 3.40. The molecule has 2 rings (SSSR count). The number of nitrogen functional groups attached to an aromatic ring is 1. The standard InChI is InChI=1S/C15H15BrN2O/c1-10-5-6-13(14(16)7-10)15(19)18-9-11-3-2-4-12(17)8-11/h2-8H,9,17H2,1H3,(H,18,19). The number of rotatable bonds is 3. The second-order valence-corrected chi connectivity index (χ2v) is 5.27. The Morgan fingerprint density at radius 1 is 1.26 bits per heavy atom. The van der Waals surface area contributed by atoms with Gasteiger partial charge in [0.15, 0.2) is 0 Å². The minimum atomic E-state index is -0.103. The fraction of sp³-hybridized carbons (Fsp3) is 0.133. The van der Waals surface area contributed by atoms with E-state index in [4.69, 9.17) is 5.73 Å². The van der Waals surface area contributed by atoms with Crippen molar-refractivity contribution in [1.82, 2.24) is 5.32 Å². The van der Waals surface area contributed by atoms with Gasteiger partial charge in [0.25, 0.3) is 5.91 Å². The van der Waals surface area contributed by atoms with E-state index in [0.29, 0.717) is 17.8 Å². The number of benzene rings is 2. The van der Waals surface area contributed by atoms with Crippen LogP contribution in [-0.4, -0.2) is 5.91 Å². The molecular weight excluding hydrogens is 304 g/mol. The number of carbonyl (C=O) groups excluding carboxylic acids is 1. The molecule has 0 aliphatic carbocycles. The third-order valence-electron chi connectivity index (χ3n) is 2.77. The lowest BCUT2D eigenvalue weighted by Crippen LogP contribution is -2.23. The van der Waals surface area contributed by atoms with E-state index in [1.54, 1.807) is 0 Å². The average molecular weight is 319 g/mol. The van der Waals surface area contributed by atoms with E-state index >= 15 is 0 Å². The molecule has 2 aromatic rings. The van der Waals surface area contributed by atoms with Gasteiger partial charge in [-0.3, -0.25) is 4.79 Å². The first-order valence-corrected chi connectivity index (χ1v) is 6.74. The lowest BCUT2D eigenvalue weighted by Gasteiger charge is -2.08. The van der Waals surface area contributed by atoms with Crippen molar-refractivity contribution in [3.63, 3.8) is 0 Å². The zero-order chi connectivity index (χ0) is 13.8. The van der Waals surface area contributed by atoms with Crippen molar-refractivity contribution in [2.45, 2.75) is 13.5 Å². The molecule has 0 fully saturated rings. The minimum absolute atomic E-state index is 0.103. The molecule has 0 bridgehead atoms. The maximum Gasteiger partial charge on any atom is 0.252 e. The molecule has 3 N–H and O–H groups in total. The van der Waals surface area contributed by atoms with Gasteiger partial charge in [-0.05, 0) is 58.2 Å². The Balaban J connectivity index is 2.05. The van der Waals surface area contributed by atoms with Gasteiger partial charge in [0.1, 0.15) is 0 Å². The van der Waals surface area contributed by atoms with E-state index in [2.05, 4.69) is 21.2 Å². The van der Waals surface area contributed by atoms with E-state index in [0.717, 1.165) is 15.6 Å². The smallest absolute Gasteiger partial charge is 0.252 e. The number of hydrogen-bond donors (Lipinski definition) is 2. The van der Waals surface area contributed by atoms with Gasteiger partial charge in [-0.25, -0.2) is 0 Å². The summed E-state index contributed by atoms with van der Waals surface area (Å²) in [6.45, 7) is 2.45. The second-order valence-electron chi connectivity index (χ2n) is 4.41. The molecule has 0 unspecified atom stereocenters. The van der Waals surface area contributed by atoms with Crippen LogP contribution in [0, 0.1) is 6.92 Å². The first-order valence-electron chi connectivity index (χ1n) is 5.95. The van der Waals surface area contributed by atoms with Crippen LogP contribution in [0.25, 0.3) is 0 Å². The van der Waals surface area contributed by atoms with Crippen LogP contribution in [0.2, 0.25) is 0 Å². The van der Waals surface area contributed by atoms with Gasteiger partial charge >= 0.3 is 0 Å². The van der Waals surface area contributed by atoms with Gasteiger partial charge in [0, 0.05) is 16.7 Å². The Morgan fingerprint density at radius 3 is 2.74 bits per heavy atom. The molecular formula is C15H15BrN2O. The first-order chi connectivity index (χ1) is 9.06. The number of nitrogens with one attached hydrogen (secondary N) is 1. The Bertz CT molecular complexity index is 611. The number of anilines is 1. The van der Waals surface area contributed by atoms with E-state index in [1.165, 1.54) is 0 Å². The molecule has 3 nitrogen and oxygen atoms in total. The quantitative estimate of drug-likeness (QED) is 0.853. The Kier molecular flexibility index (Phi) is 4.22. The molecule has 19 heavy (non-hydrogen) atoms. The van der Waals surface area contributed by atoms with Crippen LogP contribution < -0.4 is 11.1 Å². The molecule has 0 aromatic heterocycles. The molecule has 0 atom stereocenters. The number of nitrogens with two attached hydrogens (primary N) is 1. The highest BCUT2D eigenvalue weighted by Gasteiger charge is 2.09. The predicted octanol–water partition coefficient (Wildman–Crippen LogP) is 3.27. The van der Waals surface area contributed by atoms with Gasteiger partial charge in [-0.1, -0.05) is 18.2 Å². The largest absolute Gasteiger partial charge is 0.399 e. The number of hydrogen-bond acceptors (Lipinski definition) is 2. The van der Waals surface area contributed by atoms with Crippen molar-refractivity contribution < 1.29 is 4.79 Å². The lowest BCUT2D eigenvalue weighted by atomic mass is 10.1. The number of carbonyl (C=O) groups is 1. The van der Waals surface area contributed by atoms with Gasteiger partial charge in [-0.15, -0.1) is 0 Å². The molecule has 0 aliphatic heterocycles. The van der Waals surface area contributed by atoms with Crippen molar-refractivity contribution in [3.8, 4) is 0 Å². The summed E-state index contributed by atoms with van der Waals surface area (Å²) in [5.41, 5.74) is 9.12. The van der Waals surface area contributed by atoms with Crippen molar-refractivity contribution in [2.24, 2.45) is 0 Å². The van der Waals surface area contributed by atoms with E-state index in [1.807, 2.05) is 49.4 Å². The van der Waals surface area contributed by atoms with Crippen molar-refractivity contribution >= 4 is 27.5 Å². The SMILES string of the molecule is Cc1ccc(C(=O)NCc2cccc(N)c2)c(Br)c1. The molecule has 2 aromatic carbocycles. The Labute approximate surface area is 121 Å². The molecule has 0 spiro atoms. The maximum absolute atomic E-state index is 12.1. The summed E-state index contributed by atoms with van der Waals surface area (Å²) < 4.78 is 0.803. The van der Waals surface area contributed by atoms with Gasteiger partial charge in [0.2, 0.25) is 0 Å². The summed E-state index contributed by atoms with van der Waals surface area (Å²) in [4.78, 5) is 12.1. The molecule has 1 amide bonds. The Hall–Kier alpha value is -1.81. The van der Waals surface area contributed by atoms with E-state index in [9.17, 15) is 4.79 Å². The highest BCUT2D eigenvalue weighted by atomic mass is 79.9. The maximum atomic E-state index is 12.1. The molecule has 0 aliphatic rings. The third kappa shape index (κ3) is 3.58. The third-order valence-corrected chi connectivity index (χ3v) is 3.43. The normalized spacial score (nSPS) is 10.2. The zero-order valence-corrected chi connectivity index (χ0v) is 12.2. The highest BCUT2D eigenvalue weighted by Crippen LogP contribution is 2.18. The highest BCUT2D eigenvalue weighted by molar-refractivity contribution is 9.10. The van der Waals surface area contributed by atoms with Crippen molar-refractivity contribution in [3.05, 3.63) is 63.6 Å². The summed E-state index contributed by atoms with van der Waals surface area (Å²) in [7, 11) is 0. The van der Waals surface area contributed by atoms with Crippen LogP contribution in [0.4, 0.5) is 5.69 Å². The first kappa shape index (κ1) is 13.6. The van der Waals surface area contributed by atoms with Crippen LogP contribution >= 0.6 is 15.9 Å². The topological polar surface area (TPSA) is 55.1 Å². The molecule has 0 heterocycles. The summed E-state index contributed by atoms with van der Waals surface area (Å²) in [5.74, 6) is -0.103. The summed E-state index contributed by atoms with van der Waals surface area (Å²) in [6.07, 6.45) is 0. The van der Waals surface area contributed by atoms with Gasteiger partial charge < -0.3 is 11.1 Å². The fourth-order valence-corrected chi connectivity index (χ4v) is 2.46. The van der Waals surface area contributed by atoms with Crippen LogP contribution in [0.5, 0.6) is 0 Å². The van der Waals surface area contributed by atoms with Gasteiger partial charge in [-0.2, -0.15) is 0 Å². The fourth-order valence-electron chi connectivity index (χ4n) is 1.78. The predicted molar refractivity (Wildman–Crippen MR) is 80.9 cm³/mol. The van der Waals surface area contributed by atoms with Crippen molar-refractivity contribution in [1.29, 1.82) is 0 Å². The van der Waals surface area contributed by atoms with Crippen molar-refractivity contribution in [2.75, 3.05) is 5.73 Å². The molecule has 4 heteroatoms. The van der Waals surface area contributed by atoms with Crippen LogP contribution in [0.3, 0.4) is 0 Å². The minimum Gasteiger partial charge on any atom is -0.399 e. The number of halogens is 1. The zero-order valence-electron chi connectivity index (χ0n) is 10.6. The van der Waals surface area contributed by atoms with E-state index in [-0.39, 0.29) is 5.91 Å². The van der Waals surface area contributed by atoms with Crippen LogP contribution in [-0.2, 0) is 6.54 Å². The molecule has 0 saturated carbocycles. The second kappa shape index (κ2) is 5.89. The Morgan fingerprint density at radius 2 is 2.05 bits per heavy atom. The summed E-state index contributed by atoms with van der Waals surface area (Å²) in [5, 5.41) is 2.88. The van der Waals surface area contributed by atoms with Crippen LogP contribution in [0.15, 0.2) is 46.9 Å². The molecule has 98 valence electrons. The van der Waals surface area contributed by atoms with Crippen LogP contribution in [0.1, 0.15) is 21.5 Å².